The first-order valence-corrected chi connectivity index (χ1v) is 14.3. The number of rotatable bonds is 9. The van der Waals surface area contributed by atoms with Crippen molar-refractivity contribution in [2.75, 3.05) is 0 Å². The van der Waals surface area contributed by atoms with Crippen LogP contribution in [0.2, 0.25) is 0 Å². The Hall–Kier alpha value is -5.34. The van der Waals surface area contributed by atoms with Crippen molar-refractivity contribution < 1.29 is 0 Å². The third-order valence-corrected chi connectivity index (χ3v) is 7.94. The van der Waals surface area contributed by atoms with Gasteiger partial charge in [-0.15, -0.1) is 0 Å². The molecule has 0 atom stereocenters. The SMILES string of the molecule is C(=NN=CC(c1ccccc1)(c1ccccc1)c1ccccc1)C(c1ccccc1)(c1ccccc1)c1ccccc1. The monoisotopic (exact) mass is 540 g/mol. The van der Waals surface area contributed by atoms with Crippen molar-refractivity contribution >= 4 is 12.4 Å². The van der Waals surface area contributed by atoms with E-state index in [9.17, 15) is 0 Å². The van der Waals surface area contributed by atoms with Crippen molar-refractivity contribution in [1.29, 1.82) is 0 Å². The zero-order valence-electron chi connectivity index (χ0n) is 23.4. The molecular weight excluding hydrogens is 508 g/mol. The average molecular weight is 541 g/mol. The van der Waals surface area contributed by atoms with E-state index in [0.717, 1.165) is 33.4 Å². The molecule has 0 saturated heterocycles. The maximum atomic E-state index is 4.88. The molecule has 2 nitrogen and oxygen atoms in total. The van der Waals surface area contributed by atoms with Gasteiger partial charge in [-0.1, -0.05) is 182 Å². The van der Waals surface area contributed by atoms with Crippen LogP contribution in [-0.4, -0.2) is 12.4 Å². The predicted octanol–water partition coefficient (Wildman–Crippen LogP) is 9.11. The van der Waals surface area contributed by atoms with Crippen LogP contribution in [0.1, 0.15) is 33.4 Å². The molecule has 6 aromatic carbocycles. The van der Waals surface area contributed by atoms with E-state index in [0.29, 0.717) is 0 Å². The molecule has 0 spiro atoms. The molecule has 42 heavy (non-hydrogen) atoms. The van der Waals surface area contributed by atoms with E-state index in [1.807, 2.05) is 48.8 Å². The summed E-state index contributed by atoms with van der Waals surface area (Å²) in [6, 6.07) is 63.2. The smallest absolute Gasteiger partial charge is 0.0822 e. The minimum Gasteiger partial charge on any atom is -0.162 e. The van der Waals surface area contributed by atoms with Gasteiger partial charge in [0.2, 0.25) is 0 Å². The van der Waals surface area contributed by atoms with Crippen LogP contribution in [0.15, 0.2) is 192 Å². The van der Waals surface area contributed by atoms with Gasteiger partial charge in [-0.05, 0) is 33.4 Å². The van der Waals surface area contributed by atoms with Crippen LogP contribution in [0, 0.1) is 0 Å². The Balaban J connectivity index is 1.56. The highest BCUT2D eigenvalue weighted by Gasteiger charge is 2.36. The molecule has 0 aromatic heterocycles. The molecule has 0 radical (unpaired) electrons. The zero-order chi connectivity index (χ0) is 28.5. The van der Waals surface area contributed by atoms with Crippen LogP contribution in [0.4, 0.5) is 0 Å². The highest BCUT2D eigenvalue weighted by atomic mass is 15.2. The highest BCUT2D eigenvalue weighted by molar-refractivity contribution is 5.87. The lowest BCUT2D eigenvalue weighted by molar-refractivity contribution is 0.830. The molecule has 2 heteroatoms. The number of benzene rings is 6. The number of hydrogen-bond donors (Lipinski definition) is 0. The summed E-state index contributed by atoms with van der Waals surface area (Å²) in [6.07, 6.45) is 3.99. The summed E-state index contributed by atoms with van der Waals surface area (Å²) in [4.78, 5) is 0. The molecule has 0 aliphatic rings. The second-order valence-corrected chi connectivity index (χ2v) is 10.3. The Bertz CT molecular complexity index is 1400. The fraction of sp³-hybridized carbons (Fsp3) is 0.0500. The van der Waals surface area contributed by atoms with Crippen molar-refractivity contribution in [1.82, 2.24) is 0 Å². The van der Waals surface area contributed by atoms with Gasteiger partial charge in [0.05, 0.1) is 10.8 Å². The second-order valence-electron chi connectivity index (χ2n) is 10.3. The predicted molar refractivity (Wildman–Crippen MR) is 175 cm³/mol. The Morgan fingerprint density at radius 2 is 0.429 bits per heavy atom. The van der Waals surface area contributed by atoms with E-state index in [1.54, 1.807) is 0 Å². The van der Waals surface area contributed by atoms with Gasteiger partial charge < -0.3 is 0 Å². The van der Waals surface area contributed by atoms with Gasteiger partial charge in [-0.2, -0.15) is 10.2 Å². The quantitative estimate of drug-likeness (QED) is 0.0992. The molecule has 0 aliphatic heterocycles. The Labute approximate surface area is 248 Å². The van der Waals surface area contributed by atoms with E-state index in [2.05, 4.69) is 146 Å². The molecule has 0 bridgehead atoms. The van der Waals surface area contributed by atoms with Gasteiger partial charge >= 0.3 is 0 Å². The Kier molecular flexibility index (Phi) is 7.96. The summed E-state index contributed by atoms with van der Waals surface area (Å²) >= 11 is 0. The maximum absolute atomic E-state index is 4.88. The van der Waals surface area contributed by atoms with E-state index in [1.165, 1.54) is 0 Å². The largest absolute Gasteiger partial charge is 0.162 e. The molecule has 202 valence electrons. The van der Waals surface area contributed by atoms with Gasteiger partial charge in [-0.25, -0.2) is 0 Å². The molecule has 6 rings (SSSR count). The minimum atomic E-state index is -0.629. The fourth-order valence-electron chi connectivity index (χ4n) is 5.89. The van der Waals surface area contributed by atoms with Crippen LogP contribution in [0.25, 0.3) is 0 Å². The zero-order valence-corrected chi connectivity index (χ0v) is 23.4. The average Bonchev–Trinajstić information content (AvgIpc) is 3.09. The summed E-state index contributed by atoms with van der Waals surface area (Å²) in [6.45, 7) is 0. The first-order valence-electron chi connectivity index (χ1n) is 14.3. The Morgan fingerprint density at radius 3 is 0.595 bits per heavy atom. The van der Waals surface area contributed by atoms with Gasteiger partial charge in [0, 0.05) is 12.4 Å². The summed E-state index contributed by atoms with van der Waals surface area (Å²) in [5.74, 6) is 0. The van der Waals surface area contributed by atoms with Gasteiger partial charge in [0.1, 0.15) is 0 Å². The van der Waals surface area contributed by atoms with Crippen LogP contribution in [-0.2, 0) is 10.8 Å². The summed E-state index contributed by atoms with van der Waals surface area (Å²) in [5.41, 5.74) is 5.50. The molecule has 0 amide bonds. The first kappa shape index (κ1) is 26.9. The summed E-state index contributed by atoms with van der Waals surface area (Å²) in [7, 11) is 0. The van der Waals surface area contributed by atoms with E-state index in [4.69, 9.17) is 10.2 Å². The summed E-state index contributed by atoms with van der Waals surface area (Å²) < 4.78 is 0. The van der Waals surface area contributed by atoms with Gasteiger partial charge in [0.15, 0.2) is 0 Å². The summed E-state index contributed by atoms with van der Waals surface area (Å²) in [5, 5.41) is 9.76. The molecule has 0 aliphatic carbocycles. The van der Waals surface area contributed by atoms with E-state index in [-0.39, 0.29) is 0 Å². The van der Waals surface area contributed by atoms with Crippen LogP contribution < -0.4 is 0 Å². The fourth-order valence-corrected chi connectivity index (χ4v) is 5.89. The lowest BCUT2D eigenvalue weighted by atomic mass is 9.70. The number of hydrogen-bond acceptors (Lipinski definition) is 2. The highest BCUT2D eigenvalue weighted by Crippen LogP contribution is 2.39. The van der Waals surface area contributed by atoms with Crippen molar-refractivity contribution in [2.24, 2.45) is 10.2 Å². The van der Waals surface area contributed by atoms with Crippen LogP contribution in [0.5, 0.6) is 0 Å². The topological polar surface area (TPSA) is 24.7 Å². The minimum absolute atomic E-state index is 0.629. The maximum Gasteiger partial charge on any atom is 0.0822 e. The van der Waals surface area contributed by atoms with Gasteiger partial charge in [0.25, 0.3) is 0 Å². The normalized spacial score (nSPS) is 12.1. The second kappa shape index (κ2) is 12.4. The number of nitrogens with zero attached hydrogens (tertiary/aromatic N) is 2. The molecule has 0 saturated carbocycles. The Morgan fingerprint density at radius 1 is 0.262 bits per heavy atom. The van der Waals surface area contributed by atoms with Crippen molar-refractivity contribution in [3.8, 4) is 0 Å². The van der Waals surface area contributed by atoms with E-state index < -0.39 is 10.8 Å². The van der Waals surface area contributed by atoms with Crippen molar-refractivity contribution in [2.45, 2.75) is 10.8 Å². The molecule has 6 aromatic rings. The van der Waals surface area contributed by atoms with Gasteiger partial charge in [-0.3, -0.25) is 0 Å². The molecule has 0 heterocycles. The van der Waals surface area contributed by atoms with E-state index >= 15 is 0 Å². The first-order chi connectivity index (χ1) is 20.8. The molecule has 0 N–H and O–H groups in total. The molecule has 0 fully saturated rings. The third kappa shape index (κ3) is 5.11. The molecule has 0 unspecified atom stereocenters. The van der Waals surface area contributed by atoms with Crippen LogP contribution in [0.3, 0.4) is 0 Å². The lowest BCUT2D eigenvalue weighted by Gasteiger charge is -2.32. The van der Waals surface area contributed by atoms with Crippen molar-refractivity contribution in [3.63, 3.8) is 0 Å². The third-order valence-electron chi connectivity index (χ3n) is 7.94. The lowest BCUT2D eigenvalue weighted by Crippen LogP contribution is -2.32. The van der Waals surface area contributed by atoms with Crippen molar-refractivity contribution in [3.05, 3.63) is 215 Å². The molecular formula is C40H32N2. The van der Waals surface area contributed by atoms with Crippen LogP contribution >= 0.6 is 0 Å². The standard InChI is InChI=1S/C40H32N2/c1-7-19-33(20-8-1)39(34-21-9-2-10-22-34,35-23-11-3-12-24-35)31-41-42-32-40(36-25-13-4-14-26-36,37-27-15-5-16-28-37)38-29-17-6-18-30-38/h1-32H.